The molecule has 1 aromatic rings. The van der Waals surface area contributed by atoms with Crippen LogP contribution in [0.15, 0.2) is 12.4 Å². The lowest BCUT2D eigenvalue weighted by Crippen LogP contribution is -2.44. The number of hydrogen-bond acceptors (Lipinski definition) is 3. The van der Waals surface area contributed by atoms with Gasteiger partial charge in [0.25, 0.3) is 0 Å². The van der Waals surface area contributed by atoms with Gasteiger partial charge in [0.15, 0.2) is 0 Å². The van der Waals surface area contributed by atoms with E-state index in [2.05, 4.69) is 9.97 Å². The highest BCUT2D eigenvalue weighted by Crippen LogP contribution is 2.37. The van der Waals surface area contributed by atoms with Crippen molar-refractivity contribution in [2.24, 2.45) is 5.92 Å². The van der Waals surface area contributed by atoms with Crippen LogP contribution in [0, 0.1) is 12.8 Å². The number of carbonyl (C=O) groups is 1. The molecule has 2 fully saturated rings. The smallest absolute Gasteiger partial charge is 0.248 e. The van der Waals surface area contributed by atoms with Crippen molar-refractivity contribution in [1.29, 1.82) is 0 Å². The molecule has 1 aromatic heterocycles. The summed E-state index contributed by atoms with van der Waals surface area (Å²) in [5.74, 6) is -2.58. The Hall–Kier alpha value is -1.59. The minimum atomic E-state index is -2.58. The van der Waals surface area contributed by atoms with E-state index in [1.807, 2.05) is 11.8 Å². The summed E-state index contributed by atoms with van der Waals surface area (Å²) >= 11 is 0. The fraction of sp³-hybridized carbons (Fsp3) is 0.706. The zero-order valence-corrected chi connectivity index (χ0v) is 13.5. The molecular formula is C17H23F2N3O. The van der Waals surface area contributed by atoms with Crippen LogP contribution in [-0.2, 0) is 4.79 Å². The summed E-state index contributed by atoms with van der Waals surface area (Å²) in [5, 5.41) is 0. The van der Waals surface area contributed by atoms with E-state index in [-0.39, 0.29) is 30.6 Å². The predicted octanol–water partition coefficient (Wildman–Crippen LogP) is 3.32. The monoisotopic (exact) mass is 323 g/mol. The van der Waals surface area contributed by atoms with Gasteiger partial charge in [-0.1, -0.05) is 0 Å². The van der Waals surface area contributed by atoms with Crippen molar-refractivity contribution in [2.45, 2.75) is 57.3 Å². The van der Waals surface area contributed by atoms with Gasteiger partial charge in [0.1, 0.15) is 0 Å². The lowest BCUT2D eigenvalue weighted by Gasteiger charge is -2.36. The van der Waals surface area contributed by atoms with Crippen LogP contribution in [-0.4, -0.2) is 39.8 Å². The second-order valence-electron chi connectivity index (χ2n) is 6.84. The number of halogens is 2. The minimum Gasteiger partial charge on any atom is -0.342 e. The lowest BCUT2D eigenvalue weighted by molar-refractivity contribution is -0.140. The summed E-state index contributed by atoms with van der Waals surface area (Å²) in [7, 11) is 0. The van der Waals surface area contributed by atoms with Gasteiger partial charge in [0, 0.05) is 50.2 Å². The number of piperidine rings is 1. The summed E-state index contributed by atoms with van der Waals surface area (Å²) in [4.78, 5) is 23.2. The predicted molar refractivity (Wildman–Crippen MR) is 82.2 cm³/mol. The Morgan fingerprint density at radius 3 is 2.70 bits per heavy atom. The van der Waals surface area contributed by atoms with Gasteiger partial charge in [-0.25, -0.2) is 8.78 Å². The Morgan fingerprint density at radius 1 is 1.26 bits per heavy atom. The van der Waals surface area contributed by atoms with Gasteiger partial charge in [-0.05, 0) is 32.6 Å². The van der Waals surface area contributed by atoms with Crippen molar-refractivity contribution in [3.63, 3.8) is 0 Å². The van der Waals surface area contributed by atoms with E-state index < -0.39 is 5.92 Å². The Bertz CT molecular complexity index is 569. The summed E-state index contributed by atoms with van der Waals surface area (Å²) in [6, 6.07) is 0. The number of likely N-dealkylation sites (tertiary alicyclic amines) is 1. The molecule has 1 saturated heterocycles. The maximum Gasteiger partial charge on any atom is 0.248 e. The number of nitrogens with zero attached hydrogens (tertiary/aromatic N) is 3. The molecule has 6 heteroatoms. The first-order valence-corrected chi connectivity index (χ1v) is 8.40. The molecule has 1 aliphatic heterocycles. The Morgan fingerprint density at radius 2 is 2.00 bits per heavy atom. The quantitative estimate of drug-likeness (QED) is 0.839. The van der Waals surface area contributed by atoms with E-state index in [1.54, 1.807) is 12.4 Å². The molecule has 1 atom stereocenters. The van der Waals surface area contributed by atoms with Crippen molar-refractivity contribution in [3.05, 3.63) is 23.8 Å². The third-order valence-electron chi connectivity index (χ3n) is 4.99. The van der Waals surface area contributed by atoms with Crippen LogP contribution in [0.1, 0.15) is 55.8 Å². The molecule has 0 radical (unpaired) electrons. The zero-order chi connectivity index (χ0) is 16.4. The van der Waals surface area contributed by atoms with Gasteiger partial charge in [-0.3, -0.25) is 14.8 Å². The first-order valence-electron chi connectivity index (χ1n) is 8.40. The molecule has 3 rings (SSSR count). The molecule has 1 saturated carbocycles. The molecular weight excluding hydrogens is 300 g/mol. The first-order chi connectivity index (χ1) is 10.9. The first kappa shape index (κ1) is 16.3. The molecule has 0 aromatic carbocycles. The highest BCUT2D eigenvalue weighted by Gasteiger charge is 2.39. The maximum atomic E-state index is 13.3. The second-order valence-corrected chi connectivity index (χ2v) is 6.84. The summed E-state index contributed by atoms with van der Waals surface area (Å²) in [6.45, 7) is 3.26. The Balaban J connectivity index is 1.63. The third kappa shape index (κ3) is 3.85. The van der Waals surface area contributed by atoms with Crippen LogP contribution < -0.4 is 0 Å². The maximum absolute atomic E-state index is 13.3. The highest BCUT2D eigenvalue weighted by molar-refractivity contribution is 5.79. The molecule has 4 nitrogen and oxygen atoms in total. The van der Waals surface area contributed by atoms with Crippen LogP contribution in [0.4, 0.5) is 8.78 Å². The molecule has 0 bridgehead atoms. The summed E-state index contributed by atoms with van der Waals surface area (Å²) in [5.41, 5.74) is 1.80. The van der Waals surface area contributed by atoms with Crippen molar-refractivity contribution < 1.29 is 13.6 Å². The van der Waals surface area contributed by atoms with Crippen LogP contribution in [0.3, 0.4) is 0 Å². The van der Waals surface area contributed by atoms with Gasteiger partial charge in [0.05, 0.1) is 11.4 Å². The third-order valence-corrected chi connectivity index (χ3v) is 4.99. The molecule has 1 unspecified atom stereocenters. The van der Waals surface area contributed by atoms with Crippen LogP contribution in [0.5, 0.6) is 0 Å². The Labute approximate surface area is 135 Å². The van der Waals surface area contributed by atoms with Crippen molar-refractivity contribution >= 4 is 5.91 Å². The van der Waals surface area contributed by atoms with Crippen molar-refractivity contribution in [3.8, 4) is 0 Å². The Kier molecular flexibility index (Phi) is 4.60. The number of carbonyl (C=O) groups excluding carboxylic acids is 1. The standard InChI is InChI=1S/C17H23F2N3O/c1-12-9-20-10-15(21-12)14-3-2-8-22(11-14)16(23)13-4-6-17(18,19)7-5-13/h9-10,13-14H,2-8,11H2,1H3. The molecule has 126 valence electrons. The second kappa shape index (κ2) is 6.49. The summed E-state index contributed by atoms with van der Waals surface area (Å²) < 4.78 is 26.5. The van der Waals surface area contributed by atoms with E-state index in [0.717, 1.165) is 30.8 Å². The SMILES string of the molecule is Cc1cncc(C2CCCN(C(=O)C3CCC(F)(F)CC3)C2)n1. The molecule has 2 heterocycles. The van der Waals surface area contributed by atoms with E-state index in [4.69, 9.17) is 0 Å². The average Bonchev–Trinajstić information content (AvgIpc) is 2.54. The number of rotatable bonds is 2. The number of amides is 1. The van der Waals surface area contributed by atoms with Gasteiger partial charge in [-0.2, -0.15) is 0 Å². The van der Waals surface area contributed by atoms with Crippen LogP contribution in [0.2, 0.25) is 0 Å². The number of aromatic nitrogens is 2. The largest absolute Gasteiger partial charge is 0.342 e. The van der Waals surface area contributed by atoms with E-state index in [0.29, 0.717) is 19.4 Å². The fourth-order valence-electron chi connectivity index (χ4n) is 3.64. The minimum absolute atomic E-state index is 0.0470. The molecule has 1 amide bonds. The number of aryl methyl sites for hydroxylation is 1. The van der Waals surface area contributed by atoms with Gasteiger partial charge < -0.3 is 4.90 Å². The highest BCUT2D eigenvalue weighted by atomic mass is 19.3. The van der Waals surface area contributed by atoms with Gasteiger partial charge >= 0.3 is 0 Å². The van der Waals surface area contributed by atoms with Crippen molar-refractivity contribution in [2.75, 3.05) is 13.1 Å². The molecule has 23 heavy (non-hydrogen) atoms. The lowest BCUT2D eigenvalue weighted by atomic mass is 9.85. The molecule has 1 aliphatic carbocycles. The van der Waals surface area contributed by atoms with E-state index >= 15 is 0 Å². The van der Waals surface area contributed by atoms with Crippen LogP contribution >= 0.6 is 0 Å². The topological polar surface area (TPSA) is 46.1 Å². The fourth-order valence-corrected chi connectivity index (χ4v) is 3.64. The van der Waals surface area contributed by atoms with Gasteiger partial charge in [0.2, 0.25) is 11.8 Å². The van der Waals surface area contributed by atoms with Gasteiger partial charge in [-0.15, -0.1) is 0 Å². The van der Waals surface area contributed by atoms with Crippen LogP contribution in [0.25, 0.3) is 0 Å². The van der Waals surface area contributed by atoms with E-state index in [9.17, 15) is 13.6 Å². The molecule has 0 N–H and O–H groups in total. The average molecular weight is 323 g/mol. The zero-order valence-electron chi connectivity index (χ0n) is 13.5. The molecule has 2 aliphatic rings. The summed E-state index contributed by atoms with van der Waals surface area (Å²) in [6.07, 6.45) is 5.69. The number of alkyl halides is 2. The van der Waals surface area contributed by atoms with Crippen molar-refractivity contribution in [1.82, 2.24) is 14.9 Å². The number of hydrogen-bond donors (Lipinski definition) is 0. The normalized spacial score (nSPS) is 25.3. The van der Waals surface area contributed by atoms with E-state index in [1.165, 1.54) is 0 Å². The molecule has 0 spiro atoms.